The molecule has 2 amide bonds. The molecule has 0 radical (unpaired) electrons. The van der Waals surface area contributed by atoms with Gasteiger partial charge < -0.3 is 19.9 Å². The Hall–Kier alpha value is -1.30. The van der Waals surface area contributed by atoms with Gasteiger partial charge >= 0.3 is 6.03 Å². The standard InChI is InChI=1S/C19H26ClN3O2/c20-15-3-1-2-14(12-15)18-13-22(16-6-10-25-11-7-16)19(24)23(18)17-4-8-21-9-5-17/h1-3,12,16-18,21H,4-11,13H2. The van der Waals surface area contributed by atoms with Crippen molar-refractivity contribution < 1.29 is 9.53 Å². The van der Waals surface area contributed by atoms with Crippen LogP contribution in [0.3, 0.4) is 0 Å². The van der Waals surface area contributed by atoms with Gasteiger partial charge in [-0.15, -0.1) is 0 Å². The number of benzene rings is 1. The van der Waals surface area contributed by atoms with Crippen LogP contribution in [0.4, 0.5) is 4.79 Å². The van der Waals surface area contributed by atoms with E-state index >= 15 is 0 Å². The number of amides is 2. The van der Waals surface area contributed by atoms with Crippen LogP contribution in [0.1, 0.15) is 37.3 Å². The van der Waals surface area contributed by atoms with Crippen molar-refractivity contribution in [2.75, 3.05) is 32.8 Å². The maximum Gasteiger partial charge on any atom is 0.321 e. The topological polar surface area (TPSA) is 44.8 Å². The first kappa shape index (κ1) is 17.1. The third-order valence-corrected chi connectivity index (χ3v) is 5.97. The largest absolute Gasteiger partial charge is 0.381 e. The van der Waals surface area contributed by atoms with E-state index in [0.717, 1.165) is 69.1 Å². The average Bonchev–Trinajstić information content (AvgIpc) is 3.00. The van der Waals surface area contributed by atoms with Gasteiger partial charge in [0.25, 0.3) is 0 Å². The second-order valence-corrected chi connectivity index (χ2v) is 7.67. The van der Waals surface area contributed by atoms with Crippen molar-refractivity contribution in [2.45, 2.75) is 43.8 Å². The summed E-state index contributed by atoms with van der Waals surface area (Å²) in [5.74, 6) is 0. The van der Waals surface area contributed by atoms with Gasteiger partial charge in [0.15, 0.2) is 0 Å². The number of urea groups is 1. The van der Waals surface area contributed by atoms with Crippen molar-refractivity contribution in [3.63, 3.8) is 0 Å². The molecule has 3 saturated heterocycles. The molecule has 1 unspecified atom stereocenters. The molecule has 4 rings (SSSR count). The molecule has 6 heteroatoms. The van der Waals surface area contributed by atoms with Gasteiger partial charge in [0.05, 0.1) is 6.04 Å². The molecule has 3 aliphatic rings. The molecule has 5 nitrogen and oxygen atoms in total. The lowest BCUT2D eigenvalue weighted by molar-refractivity contribution is 0.0498. The number of nitrogens with one attached hydrogen (secondary N) is 1. The smallest absolute Gasteiger partial charge is 0.321 e. The summed E-state index contributed by atoms with van der Waals surface area (Å²) in [5.41, 5.74) is 1.15. The van der Waals surface area contributed by atoms with Crippen LogP contribution in [-0.2, 0) is 4.74 Å². The Morgan fingerprint density at radius 3 is 2.56 bits per heavy atom. The molecule has 3 heterocycles. The highest BCUT2D eigenvalue weighted by atomic mass is 35.5. The Morgan fingerprint density at radius 2 is 1.84 bits per heavy atom. The van der Waals surface area contributed by atoms with Crippen LogP contribution >= 0.6 is 11.6 Å². The molecular weight excluding hydrogens is 338 g/mol. The predicted molar refractivity (Wildman–Crippen MR) is 97.9 cm³/mol. The van der Waals surface area contributed by atoms with Gasteiger partial charge in [-0.05, 0) is 56.5 Å². The Labute approximate surface area is 154 Å². The monoisotopic (exact) mass is 363 g/mol. The normalized spacial score (nSPS) is 26.4. The van der Waals surface area contributed by atoms with Crippen molar-refractivity contribution in [3.8, 4) is 0 Å². The summed E-state index contributed by atoms with van der Waals surface area (Å²) in [6.45, 7) is 4.23. The second-order valence-electron chi connectivity index (χ2n) is 7.24. The number of carbonyl (C=O) groups excluding carboxylic acids is 1. The minimum atomic E-state index is 0.0946. The van der Waals surface area contributed by atoms with Crippen LogP contribution in [0.25, 0.3) is 0 Å². The number of halogens is 1. The average molecular weight is 364 g/mol. The van der Waals surface area contributed by atoms with Crippen molar-refractivity contribution in [1.82, 2.24) is 15.1 Å². The maximum absolute atomic E-state index is 13.3. The zero-order valence-electron chi connectivity index (χ0n) is 14.5. The van der Waals surface area contributed by atoms with Crippen molar-refractivity contribution in [2.24, 2.45) is 0 Å². The number of hydrogen-bond donors (Lipinski definition) is 1. The molecule has 1 N–H and O–H groups in total. The molecule has 0 bridgehead atoms. The quantitative estimate of drug-likeness (QED) is 0.897. The second kappa shape index (κ2) is 7.52. The number of carbonyl (C=O) groups is 1. The molecule has 0 aliphatic carbocycles. The fourth-order valence-corrected chi connectivity index (χ4v) is 4.61. The Kier molecular flexibility index (Phi) is 5.15. The highest BCUT2D eigenvalue weighted by Crippen LogP contribution is 2.37. The van der Waals surface area contributed by atoms with Gasteiger partial charge in [0.2, 0.25) is 0 Å². The molecule has 3 aliphatic heterocycles. The van der Waals surface area contributed by atoms with E-state index < -0.39 is 0 Å². The molecule has 1 atom stereocenters. The van der Waals surface area contributed by atoms with E-state index in [0.29, 0.717) is 12.1 Å². The van der Waals surface area contributed by atoms with E-state index in [1.54, 1.807) is 0 Å². The van der Waals surface area contributed by atoms with Crippen molar-refractivity contribution in [1.29, 1.82) is 0 Å². The number of hydrogen-bond acceptors (Lipinski definition) is 3. The number of ether oxygens (including phenoxy) is 1. The maximum atomic E-state index is 13.3. The highest BCUT2D eigenvalue weighted by Gasteiger charge is 2.44. The zero-order chi connectivity index (χ0) is 17.2. The summed E-state index contributed by atoms with van der Waals surface area (Å²) in [6.07, 6.45) is 3.91. The van der Waals surface area contributed by atoms with E-state index in [1.165, 1.54) is 0 Å². The third-order valence-electron chi connectivity index (χ3n) is 5.74. The van der Waals surface area contributed by atoms with Crippen LogP contribution in [0.15, 0.2) is 24.3 Å². The van der Waals surface area contributed by atoms with E-state index in [4.69, 9.17) is 16.3 Å². The fourth-order valence-electron chi connectivity index (χ4n) is 4.41. The first-order valence-electron chi connectivity index (χ1n) is 9.37. The lowest BCUT2D eigenvalue weighted by Gasteiger charge is -2.36. The number of rotatable bonds is 3. The van der Waals surface area contributed by atoms with Gasteiger partial charge in [-0.1, -0.05) is 23.7 Å². The molecular formula is C19H26ClN3O2. The fraction of sp³-hybridized carbons (Fsp3) is 0.632. The Bertz CT molecular complexity index is 614. The van der Waals surface area contributed by atoms with E-state index in [1.807, 2.05) is 18.2 Å². The van der Waals surface area contributed by atoms with Crippen LogP contribution < -0.4 is 5.32 Å². The van der Waals surface area contributed by atoms with E-state index in [9.17, 15) is 4.79 Å². The predicted octanol–water partition coefficient (Wildman–Crippen LogP) is 3.05. The van der Waals surface area contributed by atoms with Crippen molar-refractivity contribution in [3.05, 3.63) is 34.9 Å². The summed E-state index contributed by atoms with van der Waals surface area (Å²) in [6, 6.07) is 8.90. The summed E-state index contributed by atoms with van der Waals surface area (Å²) < 4.78 is 5.49. The lowest BCUT2D eigenvalue weighted by Crippen LogP contribution is -2.48. The molecule has 25 heavy (non-hydrogen) atoms. The number of nitrogens with zero attached hydrogens (tertiary/aromatic N) is 2. The lowest BCUT2D eigenvalue weighted by atomic mass is 10.00. The van der Waals surface area contributed by atoms with Crippen LogP contribution in [0.5, 0.6) is 0 Å². The van der Waals surface area contributed by atoms with Gasteiger partial charge in [0, 0.05) is 36.9 Å². The molecule has 1 aromatic carbocycles. The number of piperidine rings is 1. The van der Waals surface area contributed by atoms with Crippen LogP contribution in [0, 0.1) is 0 Å². The van der Waals surface area contributed by atoms with Crippen LogP contribution in [-0.4, -0.2) is 60.8 Å². The first-order chi connectivity index (χ1) is 12.2. The van der Waals surface area contributed by atoms with Crippen molar-refractivity contribution >= 4 is 17.6 Å². The van der Waals surface area contributed by atoms with Gasteiger partial charge in [0.1, 0.15) is 0 Å². The minimum absolute atomic E-state index is 0.0946. The summed E-state index contributed by atoms with van der Waals surface area (Å²) in [7, 11) is 0. The molecule has 0 saturated carbocycles. The van der Waals surface area contributed by atoms with Gasteiger partial charge in [-0.25, -0.2) is 4.79 Å². The SMILES string of the molecule is O=C1N(C2CCOCC2)CC(c2cccc(Cl)c2)N1C1CCNCC1. The Balaban J connectivity index is 1.62. The van der Waals surface area contributed by atoms with Crippen LogP contribution in [0.2, 0.25) is 5.02 Å². The molecule has 3 fully saturated rings. The molecule has 0 spiro atoms. The third kappa shape index (κ3) is 3.50. The Morgan fingerprint density at radius 1 is 1.08 bits per heavy atom. The van der Waals surface area contributed by atoms with E-state index in [-0.39, 0.29) is 12.1 Å². The summed E-state index contributed by atoms with van der Waals surface area (Å²) >= 11 is 6.23. The zero-order valence-corrected chi connectivity index (χ0v) is 15.3. The summed E-state index contributed by atoms with van der Waals surface area (Å²) in [5, 5.41) is 4.14. The minimum Gasteiger partial charge on any atom is -0.381 e. The molecule has 136 valence electrons. The van der Waals surface area contributed by atoms with E-state index in [2.05, 4.69) is 21.2 Å². The first-order valence-corrected chi connectivity index (χ1v) is 9.74. The molecule has 1 aromatic rings. The molecule has 0 aromatic heterocycles. The highest BCUT2D eigenvalue weighted by molar-refractivity contribution is 6.30. The van der Waals surface area contributed by atoms with Gasteiger partial charge in [-0.3, -0.25) is 0 Å². The van der Waals surface area contributed by atoms with Gasteiger partial charge in [-0.2, -0.15) is 0 Å². The summed E-state index contributed by atoms with van der Waals surface area (Å²) in [4.78, 5) is 17.6.